The Kier molecular flexibility index (Phi) is 4.81. The first kappa shape index (κ1) is 12.4. The third-order valence-corrected chi connectivity index (χ3v) is 5.82. The Morgan fingerprint density at radius 3 is 1.57 bits per heavy atom. The number of hydrogen-bond acceptors (Lipinski definition) is 0. The van der Waals surface area contributed by atoms with E-state index in [0.717, 1.165) is 0 Å². The van der Waals surface area contributed by atoms with Gasteiger partial charge in [0.25, 0.3) is 0 Å². The zero-order valence-corrected chi connectivity index (χ0v) is 14.2. The van der Waals surface area contributed by atoms with Gasteiger partial charge in [-0.3, -0.25) is 0 Å². The van der Waals surface area contributed by atoms with Crippen molar-refractivity contribution < 1.29 is 0 Å². The normalized spacial score (nSPS) is 10.6. The van der Waals surface area contributed by atoms with E-state index in [1.807, 2.05) is 0 Å². The second-order valence-corrected chi connectivity index (χ2v) is 5.98. The van der Waals surface area contributed by atoms with Crippen molar-refractivity contribution in [1.82, 2.24) is 0 Å². The molecule has 2 heteroatoms. The van der Waals surface area contributed by atoms with Gasteiger partial charge in [-0.05, 0) is 0 Å². The molecule has 0 saturated carbocycles. The monoisotopic (exact) mass is 314 g/mol. The van der Waals surface area contributed by atoms with Crippen molar-refractivity contribution in [3.63, 3.8) is 0 Å². The standard InChI is InChI=1S/C12H20As2/c1-4-8-7-9(5-2)12(14)10(6-3)11(8)13/h7H,4-6,13-14H2,1-3H3. The molecular weight excluding hydrogens is 294 g/mol. The van der Waals surface area contributed by atoms with Crippen LogP contribution in [0.25, 0.3) is 0 Å². The van der Waals surface area contributed by atoms with Gasteiger partial charge in [-0.2, -0.15) is 0 Å². The molecule has 0 nitrogen and oxygen atoms in total. The summed E-state index contributed by atoms with van der Waals surface area (Å²) >= 11 is 3.59. The summed E-state index contributed by atoms with van der Waals surface area (Å²) in [5.74, 6) is 0. The fourth-order valence-electron chi connectivity index (χ4n) is 1.86. The third kappa shape index (κ3) is 2.29. The Morgan fingerprint density at radius 1 is 0.857 bits per heavy atom. The first-order valence-corrected chi connectivity index (χ1v) is 7.76. The van der Waals surface area contributed by atoms with E-state index >= 15 is 0 Å². The Morgan fingerprint density at radius 2 is 1.29 bits per heavy atom. The van der Waals surface area contributed by atoms with Crippen molar-refractivity contribution in [2.24, 2.45) is 0 Å². The van der Waals surface area contributed by atoms with Gasteiger partial charge >= 0.3 is 105 Å². The van der Waals surface area contributed by atoms with Crippen molar-refractivity contribution in [1.29, 1.82) is 0 Å². The molecule has 0 radical (unpaired) electrons. The van der Waals surface area contributed by atoms with Gasteiger partial charge < -0.3 is 0 Å². The zero-order valence-electron chi connectivity index (χ0n) is 9.35. The van der Waals surface area contributed by atoms with Crippen LogP contribution in [-0.2, 0) is 19.3 Å². The Balaban J connectivity index is 3.39. The molecule has 0 heterocycles. The molecule has 0 N–H and O–H groups in total. The van der Waals surface area contributed by atoms with Gasteiger partial charge in [-0.15, -0.1) is 0 Å². The van der Waals surface area contributed by atoms with Gasteiger partial charge in [-0.25, -0.2) is 0 Å². The second-order valence-electron chi connectivity index (χ2n) is 3.56. The van der Waals surface area contributed by atoms with Crippen LogP contribution in [0.1, 0.15) is 37.5 Å². The molecule has 0 aliphatic rings. The minimum atomic E-state index is 1.18. The minimum absolute atomic E-state index is 1.18. The third-order valence-electron chi connectivity index (χ3n) is 2.81. The summed E-state index contributed by atoms with van der Waals surface area (Å²) in [6, 6.07) is 2.42. The topological polar surface area (TPSA) is 0 Å². The molecular formula is C12H20As2. The molecule has 1 aromatic rings. The van der Waals surface area contributed by atoms with Crippen LogP contribution >= 0.6 is 0 Å². The first-order chi connectivity index (χ1) is 6.65. The maximum atomic E-state index is 2.42. The molecule has 0 fully saturated rings. The maximum absolute atomic E-state index is 2.42. The van der Waals surface area contributed by atoms with Crippen LogP contribution < -0.4 is 8.70 Å². The quantitative estimate of drug-likeness (QED) is 0.683. The van der Waals surface area contributed by atoms with Crippen LogP contribution in [0.3, 0.4) is 0 Å². The van der Waals surface area contributed by atoms with Gasteiger partial charge in [-0.1, -0.05) is 0 Å². The van der Waals surface area contributed by atoms with Gasteiger partial charge in [0.05, 0.1) is 0 Å². The Bertz CT molecular complexity index is 301. The van der Waals surface area contributed by atoms with E-state index < -0.39 is 0 Å². The summed E-state index contributed by atoms with van der Waals surface area (Å²) in [7, 11) is 0. The first-order valence-electron chi connectivity index (χ1n) is 5.34. The summed E-state index contributed by atoms with van der Waals surface area (Å²) in [6.07, 6.45) is 3.56. The van der Waals surface area contributed by atoms with E-state index in [1.165, 1.54) is 19.3 Å². The SMILES string of the molecule is CCc1cc(CC)c([AsH2])c(CC)c1[AsH2]. The number of aryl methyl sites for hydroxylation is 2. The number of rotatable bonds is 3. The Labute approximate surface area is 105 Å². The molecule has 14 heavy (non-hydrogen) atoms. The van der Waals surface area contributed by atoms with Crippen LogP contribution in [0, 0.1) is 0 Å². The van der Waals surface area contributed by atoms with Crippen LogP contribution in [0.5, 0.6) is 0 Å². The van der Waals surface area contributed by atoms with Crippen LogP contribution in [0.4, 0.5) is 0 Å². The molecule has 1 rings (SSSR count). The average molecular weight is 314 g/mol. The van der Waals surface area contributed by atoms with Gasteiger partial charge in [0, 0.05) is 0 Å². The molecule has 0 bridgehead atoms. The van der Waals surface area contributed by atoms with E-state index in [4.69, 9.17) is 0 Å². The molecule has 78 valence electrons. The molecule has 0 saturated heterocycles. The molecule has 0 aliphatic heterocycles. The molecule has 0 aliphatic carbocycles. The zero-order chi connectivity index (χ0) is 10.7. The van der Waals surface area contributed by atoms with Crippen LogP contribution in [0.15, 0.2) is 6.07 Å². The fourth-order valence-corrected chi connectivity index (χ4v) is 5.31. The second kappa shape index (κ2) is 5.43. The summed E-state index contributed by atoms with van der Waals surface area (Å²) in [6.45, 7) is 6.80. The summed E-state index contributed by atoms with van der Waals surface area (Å²) in [5, 5.41) is 0. The molecule has 2 unspecified atom stereocenters. The number of benzene rings is 1. The van der Waals surface area contributed by atoms with Crippen molar-refractivity contribution in [2.45, 2.75) is 40.0 Å². The van der Waals surface area contributed by atoms with Crippen molar-refractivity contribution in [3.8, 4) is 0 Å². The van der Waals surface area contributed by atoms with E-state index in [1.54, 1.807) is 59.1 Å². The molecule has 0 aromatic heterocycles. The van der Waals surface area contributed by atoms with E-state index in [-0.39, 0.29) is 0 Å². The average Bonchev–Trinajstić information content (AvgIpc) is 2.19. The number of hydrogen-bond donors (Lipinski definition) is 0. The van der Waals surface area contributed by atoms with Crippen molar-refractivity contribution >= 4 is 42.4 Å². The van der Waals surface area contributed by atoms with E-state index in [2.05, 4.69) is 26.8 Å². The van der Waals surface area contributed by atoms with E-state index in [9.17, 15) is 0 Å². The Hall–Kier alpha value is 0.337. The fraction of sp³-hybridized carbons (Fsp3) is 0.500. The van der Waals surface area contributed by atoms with Crippen molar-refractivity contribution in [2.75, 3.05) is 0 Å². The van der Waals surface area contributed by atoms with Gasteiger partial charge in [0.2, 0.25) is 0 Å². The summed E-state index contributed by atoms with van der Waals surface area (Å²) < 4.78 is 3.19. The van der Waals surface area contributed by atoms with Gasteiger partial charge in [0.15, 0.2) is 0 Å². The van der Waals surface area contributed by atoms with Crippen LogP contribution in [0.2, 0.25) is 0 Å². The predicted molar refractivity (Wildman–Crippen MR) is 70.9 cm³/mol. The van der Waals surface area contributed by atoms with E-state index in [0.29, 0.717) is 0 Å². The predicted octanol–water partition coefficient (Wildman–Crippen LogP) is -0.109. The van der Waals surface area contributed by atoms with Crippen molar-refractivity contribution in [3.05, 3.63) is 22.8 Å². The summed E-state index contributed by atoms with van der Waals surface area (Å²) in [5.41, 5.74) is 4.77. The summed E-state index contributed by atoms with van der Waals surface area (Å²) in [4.78, 5) is 0. The van der Waals surface area contributed by atoms with Gasteiger partial charge in [0.1, 0.15) is 0 Å². The van der Waals surface area contributed by atoms with Crippen LogP contribution in [-0.4, -0.2) is 33.7 Å². The molecule has 1 aromatic carbocycles. The molecule has 0 amide bonds. The molecule has 0 spiro atoms. The molecule has 2 atom stereocenters.